The SMILES string of the molecule is O=C(NCc1cc(F)cc(Cl)c1)OC1(O)CCN(C[C@H]2CCCO2)C1=O. The Hall–Kier alpha value is -1.90. The molecular formula is C17H20ClFN2O5. The number of hydrogen-bond donors (Lipinski definition) is 2. The van der Waals surface area contributed by atoms with Crippen LogP contribution in [0.3, 0.4) is 0 Å². The highest BCUT2D eigenvalue weighted by molar-refractivity contribution is 6.30. The van der Waals surface area contributed by atoms with Crippen LogP contribution in [0, 0.1) is 5.82 Å². The largest absolute Gasteiger partial charge is 0.410 e. The van der Waals surface area contributed by atoms with E-state index < -0.39 is 23.6 Å². The molecule has 1 aromatic rings. The first-order valence-electron chi connectivity index (χ1n) is 8.41. The quantitative estimate of drug-likeness (QED) is 0.753. The van der Waals surface area contributed by atoms with Crippen LogP contribution in [0.5, 0.6) is 0 Å². The van der Waals surface area contributed by atoms with E-state index in [-0.39, 0.29) is 30.6 Å². The summed E-state index contributed by atoms with van der Waals surface area (Å²) in [4.78, 5) is 25.7. The summed E-state index contributed by atoms with van der Waals surface area (Å²) in [5.41, 5.74) is 0.427. The Morgan fingerprint density at radius 3 is 3.00 bits per heavy atom. The van der Waals surface area contributed by atoms with Crippen molar-refractivity contribution in [3.63, 3.8) is 0 Å². The van der Waals surface area contributed by atoms with E-state index in [0.29, 0.717) is 18.7 Å². The van der Waals surface area contributed by atoms with E-state index in [9.17, 15) is 19.1 Å². The Morgan fingerprint density at radius 1 is 1.50 bits per heavy atom. The minimum atomic E-state index is -2.19. The number of amides is 2. The predicted octanol–water partition coefficient (Wildman–Crippen LogP) is 1.81. The van der Waals surface area contributed by atoms with Gasteiger partial charge in [0, 0.05) is 37.7 Å². The fourth-order valence-electron chi connectivity index (χ4n) is 3.12. The van der Waals surface area contributed by atoms with Gasteiger partial charge in [0.05, 0.1) is 6.10 Å². The van der Waals surface area contributed by atoms with Crippen LogP contribution in [0.1, 0.15) is 24.8 Å². The minimum Gasteiger partial charge on any atom is -0.407 e. The van der Waals surface area contributed by atoms with Crippen LogP contribution in [0.2, 0.25) is 5.02 Å². The Labute approximate surface area is 155 Å². The van der Waals surface area contributed by atoms with E-state index in [0.717, 1.165) is 18.9 Å². The zero-order valence-corrected chi connectivity index (χ0v) is 14.8. The van der Waals surface area contributed by atoms with E-state index >= 15 is 0 Å². The zero-order chi connectivity index (χ0) is 18.7. The molecule has 0 saturated carbocycles. The van der Waals surface area contributed by atoms with Gasteiger partial charge in [-0.3, -0.25) is 4.79 Å². The number of nitrogens with zero attached hydrogens (tertiary/aromatic N) is 1. The second-order valence-corrected chi connectivity index (χ2v) is 6.88. The lowest BCUT2D eigenvalue weighted by Crippen LogP contribution is -2.47. The maximum atomic E-state index is 13.3. The molecule has 1 aromatic carbocycles. The van der Waals surface area contributed by atoms with Crippen molar-refractivity contribution in [2.75, 3.05) is 19.7 Å². The second-order valence-electron chi connectivity index (χ2n) is 6.44. The molecule has 1 unspecified atom stereocenters. The standard InChI is InChI=1S/C17H20ClFN2O5/c18-12-6-11(7-13(19)8-12)9-20-16(23)26-17(24)3-4-21(15(17)22)10-14-2-1-5-25-14/h6-8,14,24H,1-5,9-10H2,(H,20,23)/t14-,17?/m1/s1. The molecule has 2 atom stereocenters. The molecule has 0 spiro atoms. The highest BCUT2D eigenvalue weighted by Crippen LogP contribution is 2.26. The Balaban J connectivity index is 1.52. The van der Waals surface area contributed by atoms with Crippen LogP contribution in [-0.4, -0.2) is 53.6 Å². The van der Waals surface area contributed by atoms with Gasteiger partial charge < -0.3 is 24.8 Å². The number of carbonyl (C=O) groups excluding carboxylic acids is 2. The van der Waals surface area contributed by atoms with Gasteiger partial charge in [0.15, 0.2) is 0 Å². The topological polar surface area (TPSA) is 88.1 Å². The van der Waals surface area contributed by atoms with Crippen molar-refractivity contribution in [1.29, 1.82) is 0 Å². The van der Waals surface area contributed by atoms with E-state index in [1.54, 1.807) is 0 Å². The van der Waals surface area contributed by atoms with Gasteiger partial charge in [-0.1, -0.05) is 11.6 Å². The second kappa shape index (κ2) is 7.77. The highest BCUT2D eigenvalue weighted by atomic mass is 35.5. The third-order valence-corrected chi connectivity index (χ3v) is 4.63. The molecule has 2 heterocycles. The first-order valence-corrected chi connectivity index (χ1v) is 8.79. The molecule has 2 saturated heterocycles. The van der Waals surface area contributed by atoms with Crippen LogP contribution < -0.4 is 5.32 Å². The summed E-state index contributed by atoms with van der Waals surface area (Å²) in [6.45, 7) is 1.26. The number of aliphatic hydroxyl groups is 1. The van der Waals surface area contributed by atoms with Crippen LogP contribution >= 0.6 is 11.6 Å². The number of alkyl carbamates (subject to hydrolysis) is 1. The van der Waals surface area contributed by atoms with E-state index in [2.05, 4.69) is 5.32 Å². The van der Waals surface area contributed by atoms with Crippen molar-refractivity contribution >= 4 is 23.6 Å². The Bertz CT molecular complexity index is 677. The minimum absolute atomic E-state index is 0.0161. The fraction of sp³-hybridized carbons (Fsp3) is 0.529. The Kier molecular flexibility index (Phi) is 5.64. The lowest BCUT2D eigenvalue weighted by molar-refractivity contribution is -0.182. The van der Waals surface area contributed by atoms with Gasteiger partial charge in [0.25, 0.3) is 11.7 Å². The van der Waals surface area contributed by atoms with Gasteiger partial charge in [-0.2, -0.15) is 0 Å². The summed E-state index contributed by atoms with van der Waals surface area (Å²) in [6.07, 6.45) is 0.769. The summed E-state index contributed by atoms with van der Waals surface area (Å²) in [5.74, 6) is -3.38. The van der Waals surface area contributed by atoms with Gasteiger partial charge in [-0.25, -0.2) is 9.18 Å². The lowest BCUT2D eigenvalue weighted by Gasteiger charge is -2.24. The van der Waals surface area contributed by atoms with Crippen molar-refractivity contribution in [2.24, 2.45) is 0 Å². The zero-order valence-electron chi connectivity index (χ0n) is 14.0. The third-order valence-electron chi connectivity index (χ3n) is 4.41. The molecule has 9 heteroatoms. The molecule has 142 valence electrons. The van der Waals surface area contributed by atoms with Crippen molar-refractivity contribution in [3.8, 4) is 0 Å². The maximum absolute atomic E-state index is 13.3. The van der Waals surface area contributed by atoms with Gasteiger partial charge in [0.1, 0.15) is 5.82 Å². The molecule has 0 radical (unpaired) electrons. The Morgan fingerprint density at radius 2 is 2.31 bits per heavy atom. The number of halogens is 2. The molecule has 3 rings (SSSR count). The monoisotopic (exact) mass is 386 g/mol. The molecule has 2 amide bonds. The number of carbonyl (C=O) groups is 2. The summed E-state index contributed by atoms with van der Waals surface area (Å²) in [5, 5.41) is 12.9. The number of rotatable bonds is 5. The molecular weight excluding hydrogens is 367 g/mol. The summed E-state index contributed by atoms with van der Waals surface area (Å²) >= 11 is 5.75. The normalized spacial score (nSPS) is 25.6. The number of likely N-dealkylation sites (tertiary alicyclic amines) is 1. The van der Waals surface area contributed by atoms with E-state index in [4.69, 9.17) is 21.1 Å². The molecule has 0 aliphatic carbocycles. The predicted molar refractivity (Wildman–Crippen MR) is 89.9 cm³/mol. The van der Waals surface area contributed by atoms with E-state index in [1.165, 1.54) is 17.0 Å². The summed E-state index contributed by atoms with van der Waals surface area (Å²) in [7, 11) is 0. The summed E-state index contributed by atoms with van der Waals surface area (Å²) in [6, 6.07) is 3.85. The molecule has 2 fully saturated rings. The highest BCUT2D eigenvalue weighted by Gasteiger charge is 2.49. The molecule has 2 N–H and O–H groups in total. The molecule has 7 nitrogen and oxygen atoms in total. The first kappa shape index (κ1) is 18.9. The van der Waals surface area contributed by atoms with Gasteiger partial charge >= 0.3 is 6.09 Å². The average Bonchev–Trinajstić information content (AvgIpc) is 3.17. The smallest absolute Gasteiger partial charge is 0.407 e. The maximum Gasteiger partial charge on any atom is 0.410 e. The van der Waals surface area contributed by atoms with Gasteiger partial charge in [-0.15, -0.1) is 0 Å². The fourth-order valence-corrected chi connectivity index (χ4v) is 3.37. The summed E-state index contributed by atoms with van der Waals surface area (Å²) < 4.78 is 23.7. The van der Waals surface area contributed by atoms with Crippen molar-refractivity contribution in [3.05, 3.63) is 34.6 Å². The number of ether oxygens (including phenoxy) is 2. The molecule has 26 heavy (non-hydrogen) atoms. The number of nitrogens with one attached hydrogen (secondary N) is 1. The molecule has 0 aromatic heterocycles. The van der Waals surface area contributed by atoms with Crippen molar-refractivity contribution in [2.45, 2.75) is 37.7 Å². The van der Waals surface area contributed by atoms with Crippen molar-refractivity contribution in [1.82, 2.24) is 10.2 Å². The molecule has 2 aliphatic heterocycles. The van der Waals surface area contributed by atoms with Gasteiger partial charge in [0.2, 0.25) is 0 Å². The molecule has 0 bridgehead atoms. The number of hydrogen-bond acceptors (Lipinski definition) is 5. The van der Waals surface area contributed by atoms with Gasteiger partial charge in [-0.05, 0) is 36.6 Å². The van der Waals surface area contributed by atoms with E-state index in [1.807, 2.05) is 0 Å². The first-order chi connectivity index (χ1) is 12.4. The van der Waals surface area contributed by atoms with Crippen LogP contribution in [0.25, 0.3) is 0 Å². The number of benzene rings is 1. The van der Waals surface area contributed by atoms with Crippen molar-refractivity contribution < 1.29 is 28.6 Å². The van der Waals surface area contributed by atoms with Crippen LogP contribution in [0.15, 0.2) is 18.2 Å². The average molecular weight is 387 g/mol. The van der Waals surface area contributed by atoms with Crippen LogP contribution in [-0.2, 0) is 20.8 Å². The third kappa shape index (κ3) is 4.44. The molecule has 2 aliphatic rings. The lowest BCUT2D eigenvalue weighted by atomic mass is 10.2. The van der Waals surface area contributed by atoms with Crippen LogP contribution in [0.4, 0.5) is 9.18 Å².